The van der Waals surface area contributed by atoms with Gasteiger partial charge in [0.15, 0.2) is 0 Å². The van der Waals surface area contributed by atoms with Crippen molar-refractivity contribution in [2.75, 3.05) is 6.54 Å². The molecule has 5 nitrogen and oxygen atoms in total. The lowest BCUT2D eigenvalue weighted by atomic mass is 10.1. The van der Waals surface area contributed by atoms with Gasteiger partial charge < -0.3 is 16.4 Å². The van der Waals surface area contributed by atoms with Gasteiger partial charge in [-0.25, -0.2) is 0 Å². The predicted molar refractivity (Wildman–Crippen MR) is 88.8 cm³/mol. The maximum Gasteiger partial charge on any atom is 0.239 e. The molecule has 2 rings (SSSR count). The Hall–Kier alpha value is -1.59. The molecule has 22 heavy (non-hydrogen) atoms. The Bertz CT molecular complexity index is 507. The molecule has 6 heteroatoms. The maximum atomic E-state index is 11.8. The van der Waals surface area contributed by atoms with E-state index < -0.39 is 6.04 Å². The molecular formula is C16H24ClN3O2. The SMILES string of the molecule is CC(C)[C@H](N)C(=O)NCC(=O)NC1CC1c1ccccc1.Cl. The summed E-state index contributed by atoms with van der Waals surface area (Å²) in [6, 6.07) is 9.72. The van der Waals surface area contributed by atoms with Crippen LogP contribution >= 0.6 is 12.4 Å². The van der Waals surface area contributed by atoms with E-state index in [-0.39, 0.29) is 42.7 Å². The van der Waals surface area contributed by atoms with Crippen LogP contribution < -0.4 is 16.4 Å². The third kappa shape index (κ3) is 5.00. The van der Waals surface area contributed by atoms with Crippen LogP contribution in [0, 0.1) is 5.92 Å². The lowest BCUT2D eigenvalue weighted by molar-refractivity contribution is -0.127. The zero-order valence-electron chi connectivity index (χ0n) is 12.9. The molecule has 1 aromatic rings. The van der Waals surface area contributed by atoms with E-state index in [2.05, 4.69) is 22.8 Å². The summed E-state index contributed by atoms with van der Waals surface area (Å²) in [5.41, 5.74) is 6.96. The number of nitrogens with two attached hydrogens (primary N) is 1. The first kappa shape index (κ1) is 18.5. The Labute approximate surface area is 137 Å². The Morgan fingerprint density at radius 2 is 1.91 bits per heavy atom. The smallest absolute Gasteiger partial charge is 0.239 e. The van der Waals surface area contributed by atoms with Gasteiger partial charge in [-0.1, -0.05) is 44.2 Å². The van der Waals surface area contributed by atoms with Gasteiger partial charge in [0.1, 0.15) is 0 Å². The quantitative estimate of drug-likeness (QED) is 0.734. The number of rotatable bonds is 6. The molecule has 2 amide bonds. The van der Waals surface area contributed by atoms with Crippen molar-refractivity contribution in [2.24, 2.45) is 11.7 Å². The molecule has 0 radical (unpaired) electrons. The molecule has 4 N–H and O–H groups in total. The van der Waals surface area contributed by atoms with Gasteiger partial charge in [-0.05, 0) is 17.9 Å². The normalized spacial score (nSPS) is 20.7. The molecule has 0 aromatic heterocycles. The van der Waals surface area contributed by atoms with Gasteiger partial charge in [-0.2, -0.15) is 0 Å². The first-order valence-electron chi connectivity index (χ1n) is 7.36. The number of amides is 2. The molecule has 0 spiro atoms. The van der Waals surface area contributed by atoms with Crippen LogP contribution in [0.1, 0.15) is 31.7 Å². The van der Waals surface area contributed by atoms with E-state index >= 15 is 0 Å². The highest BCUT2D eigenvalue weighted by atomic mass is 35.5. The van der Waals surface area contributed by atoms with Crippen molar-refractivity contribution < 1.29 is 9.59 Å². The molecule has 0 bridgehead atoms. The van der Waals surface area contributed by atoms with E-state index in [1.807, 2.05) is 32.0 Å². The van der Waals surface area contributed by atoms with Gasteiger partial charge in [0, 0.05) is 12.0 Å². The van der Waals surface area contributed by atoms with Crippen molar-refractivity contribution in [2.45, 2.75) is 38.3 Å². The fourth-order valence-corrected chi connectivity index (χ4v) is 2.27. The molecule has 0 heterocycles. The predicted octanol–water partition coefficient (Wildman–Crippen LogP) is 1.18. The second-order valence-electron chi connectivity index (χ2n) is 5.91. The van der Waals surface area contributed by atoms with Crippen molar-refractivity contribution in [1.82, 2.24) is 10.6 Å². The first-order chi connectivity index (χ1) is 9.99. The minimum absolute atomic E-state index is 0. The Morgan fingerprint density at radius 1 is 1.27 bits per heavy atom. The Morgan fingerprint density at radius 3 is 2.50 bits per heavy atom. The summed E-state index contributed by atoms with van der Waals surface area (Å²) in [5.74, 6) is 0.000945. The second kappa shape index (κ2) is 8.15. The molecule has 1 aliphatic rings. The van der Waals surface area contributed by atoms with Gasteiger partial charge in [-0.15, -0.1) is 12.4 Å². The van der Waals surface area contributed by atoms with Gasteiger partial charge >= 0.3 is 0 Å². The molecule has 3 atom stereocenters. The Kier molecular flexibility index (Phi) is 6.84. The van der Waals surface area contributed by atoms with E-state index in [0.717, 1.165) is 6.42 Å². The van der Waals surface area contributed by atoms with Crippen LogP contribution in [-0.2, 0) is 9.59 Å². The van der Waals surface area contributed by atoms with Crippen LogP contribution in [-0.4, -0.2) is 30.4 Å². The van der Waals surface area contributed by atoms with Crippen LogP contribution in [0.15, 0.2) is 30.3 Å². The van der Waals surface area contributed by atoms with Crippen LogP contribution in [0.2, 0.25) is 0 Å². The molecule has 2 unspecified atom stereocenters. The number of hydrogen-bond acceptors (Lipinski definition) is 3. The summed E-state index contributed by atoms with van der Waals surface area (Å²) in [7, 11) is 0. The highest BCUT2D eigenvalue weighted by Crippen LogP contribution is 2.40. The number of halogens is 1. The van der Waals surface area contributed by atoms with Crippen LogP contribution in [0.3, 0.4) is 0 Å². The number of carbonyl (C=O) groups is 2. The fraction of sp³-hybridized carbons (Fsp3) is 0.500. The van der Waals surface area contributed by atoms with Crippen LogP contribution in [0.4, 0.5) is 0 Å². The zero-order chi connectivity index (χ0) is 15.4. The first-order valence-corrected chi connectivity index (χ1v) is 7.36. The van der Waals surface area contributed by atoms with Crippen LogP contribution in [0.25, 0.3) is 0 Å². The average Bonchev–Trinajstić information content (AvgIpc) is 3.24. The third-order valence-corrected chi connectivity index (χ3v) is 3.81. The standard InChI is InChI=1S/C16H23N3O2.ClH/c1-10(2)15(17)16(21)18-9-14(20)19-13-8-12(13)11-6-4-3-5-7-11;/h3-7,10,12-13,15H,8-9,17H2,1-2H3,(H,18,21)(H,19,20);1H/t12?,13?,15-;/m0./s1. The highest BCUT2D eigenvalue weighted by Gasteiger charge is 2.39. The van der Waals surface area contributed by atoms with E-state index in [0.29, 0.717) is 5.92 Å². The summed E-state index contributed by atoms with van der Waals surface area (Å²) >= 11 is 0. The molecular weight excluding hydrogens is 302 g/mol. The van der Waals surface area contributed by atoms with Gasteiger partial charge in [0.25, 0.3) is 0 Å². The summed E-state index contributed by atoms with van der Waals surface area (Å²) < 4.78 is 0. The van der Waals surface area contributed by atoms with Gasteiger partial charge in [0.05, 0.1) is 12.6 Å². The molecule has 0 aliphatic heterocycles. The second-order valence-corrected chi connectivity index (χ2v) is 5.91. The van der Waals surface area contributed by atoms with Gasteiger partial charge in [-0.3, -0.25) is 9.59 Å². The topological polar surface area (TPSA) is 84.2 Å². The monoisotopic (exact) mass is 325 g/mol. The number of carbonyl (C=O) groups excluding carboxylic acids is 2. The highest BCUT2D eigenvalue weighted by molar-refractivity contribution is 5.87. The summed E-state index contributed by atoms with van der Waals surface area (Å²) in [6.07, 6.45) is 0.954. The van der Waals surface area contributed by atoms with Crippen molar-refractivity contribution in [3.05, 3.63) is 35.9 Å². The average molecular weight is 326 g/mol. The number of nitrogens with one attached hydrogen (secondary N) is 2. The lowest BCUT2D eigenvalue weighted by Gasteiger charge is -2.15. The third-order valence-electron chi connectivity index (χ3n) is 3.81. The van der Waals surface area contributed by atoms with Crippen molar-refractivity contribution >= 4 is 24.2 Å². The minimum atomic E-state index is -0.573. The largest absolute Gasteiger partial charge is 0.351 e. The molecule has 1 saturated carbocycles. The van der Waals surface area contributed by atoms with Crippen LogP contribution in [0.5, 0.6) is 0 Å². The van der Waals surface area contributed by atoms with E-state index in [4.69, 9.17) is 5.73 Å². The number of benzene rings is 1. The summed E-state index contributed by atoms with van der Waals surface area (Å²) in [4.78, 5) is 23.5. The number of hydrogen-bond donors (Lipinski definition) is 3. The van der Waals surface area contributed by atoms with Crippen molar-refractivity contribution in [3.63, 3.8) is 0 Å². The molecule has 0 saturated heterocycles. The molecule has 1 aliphatic carbocycles. The summed E-state index contributed by atoms with van der Waals surface area (Å²) in [6.45, 7) is 3.73. The van der Waals surface area contributed by atoms with E-state index in [1.165, 1.54) is 5.56 Å². The lowest BCUT2D eigenvalue weighted by Crippen LogP contribution is -2.47. The summed E-state index contributed by atoms with van der Waals surface area (Å²) in [5, 5.41) is 5.51. The molecule has 1 fully saturated rings. The van der Waals surface area contributed by atoms with Gasteiger partial charge in [0.2, 0.25) is 11.8 Å². The maximum absolute atomic E-state index is 11.8. The minimum Gasteiger partial charge on any atom is -0.351 e. The van der Waals surface area contributed by atoms with E-state index in [1.54, 1.807) is 0 Å². The molecule has 1 aromatic carbocycles. The molecule has 122 valence electrons. The van der Waals surface area contributed by atoms with E-state index in [9.17, 15) is 9.59 Å². The Balaban J connectivity index is 0.00000242. The fourth-order valence-electron chi connectivity index (χ4n) is 2.27. The van der Waals surface area contributed by atoms with Crippen molar-refractivity contribution in [3.8, 4) is 0 Å². The van der Waals surface area contributed by atoms with Crippen molar-refractivity contribution in [1.29, 1.82) is 0 Å². The zero-order valence-corrected chi connectivity index (χ0v) is 13.7.